The Morgan fingerprint density at radius 1 is 1.16 bits per heavy atom. The van der Waals surface area contributed by atoms with Gasteiger partial charge in [-0.1, -0.05) is 26.7 Å². The maximum atomic E-state index is 10.9. The summed E-state index contributed by atoms with van der Waals surface area (Å²) in [6.45, 7) is 5.12. The topological polar surface area (TPSA) is 46.2 Å². The summed E-state index contributed by atoms with van der Waals surface area (Å²) in [6.07, 6.45) is 10.3. The van der Waals surface area contributed by atoms with Gasteiger partial charge in [-0.2, -0.15) is 0 Å². The second-order valence-corrected chi connectivity index (χ2v) is 8.45. The molecule has 0 amide bonds. The fourth-order valence-corrected chi connectivity index (χ4v) is 5.66. The fraction of sp³-hybridized carbons (Fsp3) is 1.00. The molecule has 2 heteroatoms. The van der Waals surface area contributed by atoms with Crippen molar-refractivity contribution in [1.29, 1.82) is 0 Å². The number of hydrogen-bond acceptors (Lipinski definition) is 2. The first kappa shape index (κ1) is 13.9. The van der Waals surface area contributed by atoms with E-state index in [2.05, 4.69) is 13.8 Å². The zero-order valence-electron chi connectivity index (χ0n) is 12.7. The van der Waals surface area contributed by atoms with Gasteiger partial charge in [0.05, 0.1) is 6.10 Å². The van der Waals surface area contributed by atoms with Crippen molar-refractivity contribution < 1.29 is 5.11 Å². The molecule has 5 atom stereocenters. The molecule has 3 saturated carbocycles. The van der Waals surface area contributed by atoms with Crippen LogP contribution in [0, 0.1) is 28.6 Å². The van der Waals surface area contributed by atoms with Gasteiger partial charge in [-0.25, -0.2) is 0 Å². The monoisotopic (exact) mass is 265 g/mol. The largest absolute Gasteiger partial charge is 0.392 e. The van der Waals surface area contributed by atoms with Gasteiger partial charge in [-0.15, -0.1) is 0 Å². The fourth-order valence-electron chi connectivity index (χ4n) is 5.66. The molecule has 3 aliphatic rings. The number of rotatable bonds is 3. The summed E-state index contributed by atoms with van der Waals surface area (Å²) in [5, 5.41) is 10.9. The molecule has 0 aromatic heterocycles. The predicted molar refractivity (Wildman–Crippen MR) is 78.7 cm³/mol. The van der Waals surface area contributed by atoms with E-state index in [0.29, 0.717) is 6.54 Å². The molecule has 0 heterocycles. The first-order chi connectivity index (χ1) is 8.97. The molecule has 0 aromatic rings. The molecule has 2 nitrogen and oxygen atoms in total. The Labute approximate surface area is 118 Å². The maximum absolute atomic E-state index is 10.9. The summed E-state index contributed by atoms with van der Waals surface area (Å²) in [5.41, 5.74) is 6.23. The summed E-state index contributed by atoms with van der Waals surface area (Å²) in [4.78, 5) is 0. The molecule has 3 fully saturated rings. The molecule has 0 radical (unpaired) electrons. The highest BCUT2D eigenvalue weighted by Gasteiger charge is 2.51. The van der Waals surface area contributed by atoms with Gasteiger partial charge in [0.15, 0.2) is 0 Å². The standard InChI is InChI=1S/C17H31NO/c1-16(2)6-3-7-17(11-18,15(16)19)10-14-9-12-4-5-13(14)8-12/h12-15,19H,3-11,18H2,1-2H3. The molecule has 110 valence electrons. The van der Waals surface area contributed by atoms with Gasteiger partial charge >= 0.3 is 0 Å². The van der Waals surface area contributed by atoms with Gasteiger partial charge in [-0.05, 0) is 61.7 Å². The van der Waals surface area contributed by atoms with Crippen molar-refractivity contribution >= 4 is 0 Å². The number of fused-ring (bicyclic) bond motifs is 2. The van der Waals surface area contributed by atoms with E-state index in [4.69, 9.17) is 5.73 Å². The van der Waals surface area contributed by atoms with Crippen molar-refractivity contribution in [1.82, 2.24) is 0 Å². The van der Waals surface area contributed by atoms with Gasteiger partial charge in [-0.3, -0.25) is 0 Å². The molecule has 3 aliphatic carbocycles. The minimum atomic E-state index is -0.210. The molecule has 0 saturated heterocycles. The molecule has 0 aromatic carbocycles. The summed E-state index contributed by atoms with van der Waals surface area (Å²) < 4.78 is 0. The minimum absolute atomic E-state index is 0.0108. The quantitative estimate of drug-likeness (QED) is 0.822. The highest BCUT2D eigenvalue weighted by Crippen LogP contribution is 2.56. The Hall–Kier alpha value is -0.0800. The van der Waals surface area contributed by atoms with Crippen LogP contribution in [0.4, 0.5) is 0 Å². The lowest BCUT2D eigenvalue weighted by molar-refractivity contribution is -0.101. The van der Waals surface area contributed by atoms with Crippen molar-refractivity contribution in [2.45, 2.75) is 71.3 Å². The van der Waals surface area contributed by atoms with E-state index in [9.17, 15) is 5.11 Å². The lowest BCUT2D eigenvalue weighted by Crippen LogP contribution is -2.53. The lowest BCUT2D eigenvalue weighted by Gasteiger charge is -2.51. The Morgan fingerprint density at radius 2 is 1.95 bits per heavy atom. The van der Waals surface area contributed by atoms with Crippen LogP contribution in [-0.4, -0.2) is 17.8 Å². The van der Waals surface area contributed by atoms with Crippen LogP contribution in [0.15, 0.2) is 0 Å². The van der Waals surface area contributed by atoms with Crippen LogP contribution >= 0.6 is 0 Å². The van der Waals surface area contributed by atoms with Crippen LogP contribution in [0.5, 0.6) is 0 Å². The molecule has 3 rings (SSSR count). The molecule has 2 bridgehead atoms. The van der Waals surface area contributed by atoms with E-state index < -0.39 is 0 Å². The number of nitrogens with two attached hydrogens (primary N) is 1. The molecular formula is C17H31NO. The molecule has 3 N–H and O–H groups in total. The van der Waals surface area contributed by atoms with Crippen molar-refractivity contribution in [2.24, 2.45) is 34.3 Å². The average molecular weight is 265 g/mol. The van der Waals surface area contributed by atoms with Crippen molar-refractivity contribution in [3.8, 4) is 0 Å². The van der Waals surface area contributed by atoms with Crippen LogP contribution in [0.1, 0.15) is 65.2 Å². The Balaban J connectivity index is 1.75. The van der Waals surface area contributed by atoms with E-state index in [1.54, 1.807) is 0 Å². The highest BCUT2D eigenvalue weighted by molar-refractivity contribution is 5.02. The van der Waals surface area contributed by atoms with Gasteiger partial charge in [0.1, 0.15) is 0 Å². The minimum Gasteiger partial charge on any atom is -0.392 e. The first-order valence-electron chi connectivity index (χ1n) is 8.35. The molecule has 0 spiro atoms. The zero-order valence-corrected chi connectivity index (χ0v) is 12.7. The first-order valence-corrected chi connectivity index (χ1v) is 8.35. The second kappa shape index (κ2) is 4.73. The highest BCUT2D eigenvalue weighted by atomic mass is 16.3. The van der Waals surface area contributed by atoms with Crippen LogP contribution < -0.4 is 5.73 Å². The molecule has 0 aliphatic heterocycles. The third-order valence-corrected chi connectivity index (χ3v) is 6.78. The Kier molecular flexibility index (Phi) is 3.46. The summed E-state index contributed by atoms with van der Waals surface area (Å²) in [7, 11) is 0. The lowest BCUT2D eigenvalue weighted by atomic mass is 9.57. The van der Waals surface area contributed by atoms with Gasteiger partial charge in [0.25, 0.3) is 0 Å². The molecule has 5 unspecified atom stereocenters. The van der Waals surface area contributed by atoms with Gasteiger partial charge < -0.3 is 10.8 Å². The second-order valence-electron chi connectivity index (χ2n) is 8.45. The molecular weight excluding hydrogens is 234 g/mol. The smallest absolute Gasteiger partial charge is 0.0659 e. The van der Waals surface area contributed by atoms with Crippen molar-refractivity contribution in [3.05, 3.63) is 0 Å². The van der Waals surface area contributed by atoms with Crippen LogP contribution in [0.3, 0.4) is 0 Å². The average Bonchev–Trinajstić information content (AvgIpc) is 2.97. The van der Waals surface area contributed by atoms with Crippen LogP contribution in [-0.2, 0) is 0 Å². The predicted octanol–water partition coefficient (Wildman–Crippen LogP) is 3.33. The third kappa shape index (κ3) is 2.25. The summed E-state index contributed by atoms with van der Waals surface area (Å²) >= 11 is 0. The van der Waals surface area contributed by atoms with E-state index in [-0.39, 0.29) is 16.9 Å². The van der Waals surface area contributed by atoms with Gasteiger partial charge in [0, 0.05) is 12.0 Å². The van der Waals surface area contributed by atoms with E-state index in [0.717, 1.165) is 30.6 Å². The van der Waals surface area contributed by atoms with Crippen molar-refractivity contribution in [3.63, 3.8) is 0 Å². The molecule has 19 heavy (non-hydrogen) atoms. The summed E-state index contributed by atoms with van der Waals surface area (Å²) in [5.74, 6) is 2.80. The normalized spacial score (nSPS) is 48.6. The zero-order chi connectivity index (χ0) is 13.7. The Bertz CT molecular complexity index is 340. The van der Waals surface area contributed by atoms with E-state index in [1.165, 1.54) is 38.5 Å². The SMILES string of the molecule is CC1(C)CCCC(CN)(CC2CC3CCC2C3)C1O. The third-order valence-electron chi connectivity index (χ3n) is 6.78. The summed E-state index contributed by atoms with van der Waals surface area (Å²) in [6, 6.07) is 0. The van der Waals surface area contributed by atoms with Crippen LogP contribution in [0.2, 0.25) is 0 Å². The number of hydrogen-bond donors (Lipinski definition) is 2. The van der Waals surface area contributed by atoms with Crippen LogP contribution in [0.25, 0.3) is 0 Å². The number of aliphatic hydroxyl groups is 1. The maximum Gasteiger partial charge on any atom is 0.0659 e. The van der Waals surface area contributed by atoms with E-state index >= 15 is 0 Å². The Morgan fingerprint density at radius 3 is 2.53 bits per heavy atom. The van der Waals surface area contributed by atoms with Gasteiger partial charge in [0.2, 0.25) is 0 Å². The van der Waals surface area contributed by atoms with E-state index in [1.807, 2.05) is 0 Å². The number of aliphatic hydroxyl groups excluding tert-OH is 1. The van der Waals surface area contributed by atoms with Crippen molar-refractivity contribution in [2.75, 3.05) is 6.54 Å².